The summed E-state index contributed by atoms with van der Waals surface area (Å²) in [5.41, 5.74) is 1.39. The predicted molar refractivity (Wildman–Crippen MR) is 158 cm³/mol. The molecule has 0 saturated heterocycles. The zero-order valence-electron chi connectivity index (χ0n) is 21.3. The molecule has 0 aliphatic heterocycles. The molecular weight excluding hydrogens is 516 g/mol. The topological polar surface area (TPSA) is 0 Å². The van der Waals surface area contributed by atoms with E-state index in [0.717, 1.165) is 6.42 Å². The summed E-state index contributed by atoms with van der Waals surface area (Å²) in [6.07, 6.45) is 6.88. The van der Waals surface area contributed by atoms with Crippen molar-refractivity contribution in [1.29, 1.82) is 0 Å². The van der Waals surface area contributed by atoms with E-state index >= 15 is 0 Å². The smallest absolute Gasteiger partial charge is 0.343 e. The fourth-order valence-corrected chi connectivity index (χ4v) is 3.72. The van der Waals surface area contributed by atoms with Gasteiger partial charge in [0.15, 0.2) is 0 Å². The molecule has 5 aromatic rings. The maximum Gasteiger partial charge on any atom is 4.00 e. The summed E-state index contributed by atoms with van der Waals surface area (Å²) in [5, 5.41) is 6.83. The van der Waals surface area contributed by atoms with Crippen LogP contribution >= 0.6 is 0 Å². The summed E-state index contributed by atoms with van der Waals surface area (Å²) in [4.78, 5) is 0. The Kier molecular flexibility index (Phi) is 16.8. The maximum absolute atomic E-state index is 3.60. The van der Waals surface area contributed by atoms with Crippen LogP contribution in [0.2, 0.25) is 0 Å². The van der Waals surface area contributed by atoms with E-state index in [1.54, 1.807) is 0 Å². The van der Waals surface area contributed by atoms with Crippen LogP contribution in [0, 0.1) is 13.3 Å². The molecule has 2 heteroatoms. The van der Waals surface area contributed by atoms with Gasteiger partial charge in [-0.15, -0.1) is 59.3 Å². The standard InChI is InChI=1S/C11H15Si.2C9H7.C4H9.Zr/c1-2-3-9-11(12)10-7-5-4-6-8-10;2*1-2-5-9-7-3-6-8(9)4-1;1-3-4-2;/h2,4-8H,3,9,12H2,1H3;2*1-7H;1,3-4H2,2H3;/q4*-1;+4. The molecule has 0 aliphatic carbocycles. The number of fused-ring (bicyclic) bond motifs is 2. The number of unbranched alkanes of at least 4 members (excludes halogenated alkanes) is 2. The van der Waals surface area contributed by atoms with Crippen LogP contribution in [0.4, 0.5) is 0 Å². The molecule has 0 saturated carbocycles. The summed E-state index contributed by atoms with van der Waals surface area (Å²) in [7, 11) is 2.00. The van der Waals surface area contributed by atoms with Crippen molar-refractivity contribution >= 4 is 36.6 Å². The number of hydrogen-bond donors (Lipinski definition) is 0. The normalized spacial score (nSPS) is 9.46. The van der Waals surface area contributed by atoms with Crippen LogP contribution in [0.1, 0.15) is 45.1 Å². The molecule has 0 unspecified atom stereocenters. The zero-order valence-corrected chi connectivity index (χ0v) is 25.2. The molecule has 5 aromatic carbocycles. The van der Waals surface area contributed by atoms with Gasteiger partial charge in [-0.2, -0.15) is 54.8 Å². The van der Waals surface area contributed by atoms with Gasteiger partial charge in [0.25, 0.3) is 0 Å². The van der Waals surface area contributed by atoms with E-state index in [1.165, 1.54) is 51.5 Å². The van der Waals surface area contributed by atoms with E-state index in [0.29, 0.717) is 0 Å². The molecule has 0 nitrogen and oxygen atoms in total. The summed E-state index contributed by atoms with van der Waals surface area (Å²) >= 11 is 0. The van der Waals surface area contributed by atoms with Gasteiger partial charge in [-0.3, -0.25) is 0 Å². The van der Waals surface area contributed by atoms with E-state index in [-0.39, 0.29) is 26.2 Å². The van der Waals surface area contributed by atoms with Crippen molar-refractivity contribution in [3.63, 3.8) is 0 Å². The second-order valence-corrected chi connectivity index (χ2v) is 8.93. The molecule has 178 valence electrons. The van der Waals surface area contributed by atoms with Gasteiger partial charge in [0.05, 0.1) is 0 Å². The van der Waals surface area contributed by atoms with Crippen molar-refractivity contribution in [2.24, 2.45) is 0 Å². The average Bonchev–Trinajstić information content (AvgIpc) is 3.58. The van der Waals surface area contributed by atoms with Gasteiger partial charge in [-0.25, -0.2) is 0 Å². The van der Waals surface area contributed by atoms with Crippen molar-refractivity contribution < 1.29 is 26.2 Å². The van der Waals surface area contributed by atoms with Gasteiger partial charge in [0.1, 0.15) is 0 Å². The Labute approximate surface area is 235 Å². The second-order valence-electron chi connectivity index (χ2n) is 8.08. The molecular formula is C33H38SiZr. The van der Waals surface area contributed by atoms with Crippen LogP contribution in [-0.4, -0.2) is 15.0 Å². The van der Waals surface area contributed by atoms with Crippen LogP contribution in [0.25, 0.3) is 21.5 Å². The van der Waals surface area contributed by atoms with Crippen LogP contribution in [0.3, 0.4) is 0 Å². The Morgan fingerprint density at radius 3 is 1.66 bits per heavy atom. The van der Waals surface area contributed by atoms with E-state index in [1.807, 2.05) is 9.85 Å². The van der Waals surface area contributed by atoms with E-state index < -0.39 is 0 Å². The summed E-state index contributed by atoms with van der Waals surface area (Å²) in [6.45, 7) is 7.83. The molecule has 0 spiro atoms. The fraction of sp³-hybridized carbons (Fsp3) is 0.182. The van der Waals surface area contributed by atoms with Crippen LogP contribution in [-0.2, 0) is 26.2 Å². The van der Waals surface area contributed by atoms with Crippen molar-refractivity contribution in [1.82, 2.24) is 0 Å². The minimum atomic E-state index is 0. The van der Waals surface area contributed by atoms with Crippen LogP contribution in [0.15, 0.2) is 115 Å². The molecule has 35 heavy (non-hydrogen) atoms. The Bertz CT molecular complexity index is 1050. The van der Waals surface area contributed by atoms with Crippen LogP contribution in [0.5, 0.6) is 0 Å². The Morgan fingerprint density at radius 1 is 0.771 bits per heavy atom. The molecule has 0 atom stereocenters. The third-order valence-corrected chi connectivity index (χ3v) is 6.13. The fourth-order valence-electron chi connectivity index (χ4n) is 3.28. The summed E-state index contributed by atoms with van der Waals surface area (Å²) < 4.78 is 0. The summed E-state index contributed by atoms with van der Waals surface area (Å²) in [6, 6.07) is 40.0. The third-order valence-electron chi connectivity index (χ3n) is 5.37. The second kappa shape index (κ2) is 19.1. The third kappa shape index (κ3) is 11.9. The van der Waals surface area contributed by atoms with Gasteiger partial charge in [-0.1, -0.05) is 67.4 Å². The zero-order chi connectivity index (χ0) is 24.4. The van der Waals surface area contributed by atoms with E-state index in [9.17, 15) is 0 Å². The van der Waals surface area contributed by atoms with Crippen molar-refractivity contribution in [3.05, 3.63) is 134 Å². The van der Waals surface area contributed by atoms with E-state index in [2.05, 4.69) is 142 Å². The van der Waals surface area contributed by atoms with Gasteiger partial charge in [-0.05, 0) is 15.4 Å². The van der Waals surface area contributed by atoms with Crippen molar-refractivity contribution in [2.75, 3.05) is 0 Å². The first-order valence-corrected chi connectivity index (χ1v) is 12.9. The quantitative estimate of drug-likeness (QED) is 0.151. The SMILES string of the molecule is C[CH-]CCC(=[SiH2])c1ccccc1.[CH2-]CCC.[Zr+4].c1ccc2[cH-]ccc2c1.c1ccc2[cH-]ccc2c1. The summed E-state index contributed by atoms with van der Waals surface area (Å²) in [5.74, 6) is 0. The molecule has 0 radical (unpaired) electrons. The van der Waals surface area contributed by atoms with Crippen molar-refractivity contribution in [2.45, 2.75) is 39.5 Å². The average molecular weight is 554 g/mol. The number of benzene rings is 3. The Morgan fingerprint density at radius 2 is 1.23 bits per heavy atom. The molecule has 0 aliphatic rings. The molecule has 0 N–H and O–H groups in total. The van der Waals surface area contributed by atoms with Crippen molar-refractivity contribution in [3.8, 4) is 0 Å². The molecule has 0 aromatic heterocycles. The minimum Gasteiger partial charge on any atom is -0.343 e. The first kappa shape index (κ1) is 30.9. The number of hydrogen-bond acceptors (Lipinski definition) is 0. The van der Waals surface area contributed by atoms with Crippen LogP contribution < -0.4 is 0 Å². The van der Waals surface area contributed by atoms with E-state index in [4.69, 9.17) is 0 Å². The molecule has 0 heterocycles. The largest absolute Gasteiger partial charge is 4.00 e. The Balaban J connectivity index is 0.000000243. The van der Waals surface area contributed by atoms with Gasteiger partial charge in [0, 0.05) is 0 Å². The van der Waals surface area contributed by atoms with Gasteiger partial charge >= 0.3 is 26.2 Å². The number of rotatable bonds is 5. The minimum absolute atomic E-state index is 0. The first-order valence-electron chi connectivity index (χ1n) is 12.2. The van der Waals surface area contributed by atoms with Gasteiger partial charge < -0.3 is 13.3 Å². The maximum atomic E-state index is 3.60. The first-order chi connectivity index (χ1) is 16.7. The monoisotopic (exact) mass is 552 g/mol. The molecule has 5 rings (SSSR count). The molecule has 0 fully saturated rings. The Hall–Kier alpha value is -2.15. The predicted octanol–water partition coefficient (Wildman–Crippen LogP) is 8.58. The molecule has 0 bridgehead atoms. The van der Waals surface area contributed by atoms with Gasteiger partial charge in [0.2, 0.25) is 0 Å². The molecule has 0 amide bonds.